The molecule has 1 rings (SSSR count). The molecule has 8 nitrogen and oxygen atoms in total. The molecule has 0 unspecified atom stereocenters. The molecule has 0 aliphatic carbocycles. The zero-order chi connectivity index (χ0) is 15.0. The van der Waals surface area contributed by atoms with E-state index in [9.17, 15) is 8.42 Å². The molecule has 20 heavy (non-hydrogen) atoms. The first-order chi connectivity index (χ1) is 9.43. The van der Waals surface area contributed by atoms with Gasteiger partial charge in [0.25, 0.3) is 0 Å². The number of hydrogen-bond acceptors (Lipinski definition) is 7. The maximum Gasteiger partial charge on any atom is 0.332 e. The molecule has 1 aromatic rings. The Labute approximate surface area is 125 Å². The van der Waals surface area contributed by atoms with E-state index in [-0.39, 0.29) is 0 Å². The summed E-state index contributed by atoms with van der Waals surface area (Å²) in [5, 5.41) is 2.56. The predicted octanol–water partition coefficient (Wildman–Crippen LogP) is 0.554. The average molecular weight is 336 g/mol. The van der Waals surface area contributed by atoms with E-state index in [0.29, 0.717) is 17.4 Å². The molecule has 0 spiro atoms. The number of thiazole rings is 1. The van der Waals surface area contributed by atoms with Gasteiger partial charge in [0.15, 0.2) is 0 Å². The van der Waals surface area contributed by atoms with Crippen LogP contribution in [0.15, 0.2) is 14.8 Å². The van der Waals surface area contributed by atoms with Crippen molar-refractivity contribution in [2.24, 2.45) is 21.0 Å². The number of thioether (sulfide) groups is 1. The van der Waals surface area contributed by atoms with Gasteiger partial charge in [0.1, 0.15) is 0 Å². The van der Waals surface area contributed by atoms with Crippen LogP contribution in [0.4, 0.5) is 5.13 Å². The van der Waals surface area contributed by atoms with Crippen LogP contribution in [-0.4, -0.2) is 31.2 Å². The Morgan fingerprint density at radius 3 is 3.05 bits per heavy atom. The molecule has 0 saturated carbocycles. The Bertz CT molecular complexity index is 576. The third-order valence-electron chi connectivity index (χ3n) is 1.82. The normalized spacial score (nSPS) is 13.2. The lowest BCUT2D eigenvalue weighted by Gasteiger charge is -1.96. The SMILES string of the molecule is C/C(N)=N/c1nc(CSCC/C=N/S(=O)(=O)NN)cs1. The average Bonchev–Trinajstić information content (AvgIpc) is 2.80. The molecule has 0 aliphatic rings. The molecule has 5 N–H and O–H groups in total. The molecule has 0 fully saturated rings. The molecule has 0 aromatic carbocycles. The van der Waals surface area contributed by atoms with Crippen molar-refractivity contribution >= 4 is 50.5 Å². The first-order valence-electron chi connectivity index (χ1n) is 5.52. The number of nitrogens with zero attached hydrogens (tertiary/aromatic N) is 3. The molecular formula is C9H16N6O2S3. The lowest BCUT2D eigenvalue weighted by atomic mass is 10.5. The molecule has 0 aliphatic heterocycles. The molecular weight excluding hydrogens is 320 g/mol. The van der Waals surface area contributed by atoms with E-state index in [0.717, 1.165) is 17.2 Å². The fourth-order valence-electron chi connectivity index (χ4n) is 1.06. The Morgan fingerprint density at radius 1 is 1.65 bits per heavy atom. The molecule has 1 aromatic heterocycles. The number of amidine groups is 1. The smallest absolute Gasteiger partial charge is 0.332 e. The molecule has 11 heteroatoms. The van der Waals surface area contributed by atoms with Gasteiger partial charge in [-0.25, -0.2) is 9.98 Å². The number of nitrogens with two attached hydrogens (primary N) is 2. The van der Waals surface area contributed by atoms with Crippen molar-refractivity contribution in [2.45, 2.75) is 19.1 Å². The lowest BCUT2D eigenvalue weighted by Crippen LogP contribution is -2.28. The summed E-state index contributed by atoms with van der Waals surface area (Å²) in [6, 6.07) is 0. The maximum atomic E-state index is 10.9. The summed E-state index contributed by atoms with van der Waals surface area (Å²) < 4.78 is 25.1. The topological polar surface area (TPSA) is 136 Å². The highest BCUT2D eigenvalue weighted by Crippen LogP contribution is 2.22. The summed E-state index contributed by atoms with van der Waals surface area (Å²) in [5.74, 6) is 6.71. The van der Waals surface area contributed by atoms with Gasteiger partial charge in [-0.1, -0.05) is 0 Å². The Balaban J connectivity index is 2.28. The van der Waals surface area contributed by atoms with Crippen LogP contribution in [0.1, 0.15) is 19.0 Å². The second kappa shape index (κ2) is 8.32. The maximum absolute atomic E-state index is 10.9. The van der Waals surface area contributed by atoms with Crippen LogP contribution in [0, 0.1) is 0 Å². The van der Waals surface area contributed by atoms with Crippen molar-refractivity contribution in [3.8, 4) is 0 Å². The first-order valence-corrected chi connectivity index (χ1v) is 8.99. The quantitative estimate of drug-likeness (QED) is 0.208. The van der Waals surface area contributed by atoms with Gasteiger partial charge in [-0.05, 0) is 19.1 Å². The van der Waals surface area contributed by atoms with Crippen LogP contribution >= 0.6 is 23.1 Å². The van der Waals surface area contributed by atoms with Crippen LogP contribution in [0.2, 0.25) is 0 Å². The van der Waals surface area contributed by atoms with Crippen molar-refractivity contribution < 1.29 is 8.42 Å². The van der Waals surface area contributed by atoms with Crippen LogP contribution in [0.3, 0.4) is 0 Å². The van der Waals surface area contributed by atoms with E-state index in [1.165, 1.54) is 17.6 Å². The van der Waals surface area contributed by atoms with Gasteiger partial charge in [-0.2, -0.15) is 24.6 Å². The fourth-order valence-corrected chi connectivity index (χ4v) is 3.04. The minimum atomic E-state index is -3.72. The number of aromatic nitrogens is 1. The number of aliphatic imine (C=N–C) groups is 1. The third-order valence-corrected chi connectivity index (χ3v) is 4.35. The molecule has 0 bridgehead atoms. The summed E-state index contributed by atoms with van der Waals surface area (Å²) in [7, 11) is -3.72. The molecule has 1 heterocycles. The minimum absolute atomic E-state index is 0.476. The van der Waals surface area contributed by atoms with Gasteiger partial charge in [-0.3, -0.25) is 5.84 Å². The largest absolute Gasteiger partial charge is 0.387 e. The second-order valence-electron chi connectivity index (χ2n) is 3.60. The van der Waals surface area contributed by atoms with Crippen LogP contribution in [0.5, 0.6) is 0 Å². The number of hydrazine groups is 1. The van der Waals surface area contributed by atoms with E-state index >= 15 is 0 Å². The van der Waals surface area contributed by atoms with Crippen molar-refractivity contribution in [2.75, 3.05) is 5.75 Å². The molecule has 112 valence electrons. The van der Waals surface area contributed by atoms with E-state index in [1.54, 1.807) is 23.5 Å². The summed E-state index contributed by atoms with van der Waals surface area (Å²) in [5.41, 5.74) is 6.39. The lowest BCUT2D eigenvalue weighted by molar-refractivity contribution is 0.586. The number of rotatable bonds is 8. The molecule has 0 radical (unpaired) electrons. The Kier molecular flexibility index (Phi) is 7.09. The second-order valence-corrected chi connectivity index (χ2v) is 6.94. The highest BCUT2D eigenvalue weighted by molar-refractivity contribution is 7.98. The van der Waals surface area contributed by atoms with Crippen LogP contribution in [-0.2, 0) is 16.0 Å². The summed E-state index contributed by atoms with van der Waals surface area (Å²) in [6.45, 7) is 1.71. The van der Waals surface area contributed by atoms with Crippen LogP contribution in [0.25, 0.3) is 0 Å². The minimum Gasteiger partial charge on any atom is -0.387 e. The standard InChI is InChI=1S/C9H16N6O2S3/c1-7(10)13-9-14-8(6-19-9)5-18-4-2-3-12-20(16,17)15-11/h3,6,15H,2,4-5,11H2,1H3,(H2,10,13,14)/b12-3+. The van der Waals surface area contributed by atoms with Crippen molar-refractivity contribution in [1.29, 1.82) is 0 Å². The van der Waals surface area contributed by atoms with Gasteiger partial charge >= 0.3 is 10.2 Å². The van der Waals surface area contributed by atoms with Crippen LogP contribution < -0.4 is 16.4 Å². The fraction of sp³-hybridized carbons (Fsp3) is 0.444. The Morgan fingerprint density at radius 2 is 2.40 bits per heavy atom. The van der Waals surface area contributed by atoms with Crippen molar-refractivity contribution in [3.63, 3.8) is 0 Å². The highest BCUT2D eigenvalue weighted by atomic mass is 32.2. The first kappa shape index (κ1) is 17.0. The third kappa shape index (κ3) is 6.96. The van der Waals surface area contributed by atoms with E-state index in [2.05, 4.69) is 14.4 Å². The molecule has 0 amide bonds. The van der Waals surface area contributed by atoms with E-state index in [1.807, 2.05) is 5.38 Å². The van der Waals surface area contributed by atoms with Gasteiger partial charge in [-0.15, -0.1) is 16.2 Å². The molecule has 0 saturated heterocycles. The monoisotopic (exact) mass is 336 g/mol. The van der Waals surface area contributed by atoms with Gasteiger partial charge < -0.3 is 5.73 Å². The predicted molar refractivity (Wildman–Crippen MR) is 84.6 cm³/mol. The number of nitrogens with one attached hydrogen (secondary N) is 1. The summed E-state index contributed by atoms with van der Waals surface area (Å²) >= 11 is 3.06. The van der Waals surface area contributed by atoms with Crippen molar-refractivity contribution in [1.82, 2.24) is 9.82 Å². The van der Waals surface area contributed by atoms with E-state index < -0.39 is 10.2 Å². The zero-order valence-corrected chi connectivity index (χ0v) is 13.3. The zero-order valence-electron chi connectivity index (χ0n) is 10.8. The van der Waals surface area contributed by atoms with Crippen molar-refractivity contribution in [3.05, 3.63) is 11.1 Å². The summed E-state index contributed by atoms with van der Waals surface area (Å²) in [4.78, 5) is 9.97. The highest BCUT2D eigenvalue weighted by Gasteiger charge is 2.02. The van der Waals surface area contributed by atoms with E-state index in [4.69, 9.17) is 11.6 Å². The summed E-state index contributed by atoms with van der Waals surface area (Å²) in [6.07, 6.45) is 1.85. The van der Waals surface area contributed by atoms with Gasteiger partial charge in [0.05, 0.1) is 11.5 Å². The number of hydrogen-bond donors (Lipinski definition) is 3. The van der Waals surface area contributed by atoms with Gasteiger partial charge in [0, 0.05) is 17.3 Å². The molecule has 0 atom stereocenters. The Hall–Kier alpha value is -1.01. The van der Waals surface area contributed by atoms with Gasteiger partial charge in [0.2, 0.25) is 5.13 Å².